The van der Waals surface area contributed by atoms with Gasteiger partial charge in [0.1, 0.15) is 0 Å². The Labute approximate surface area is 103 Å². The number of hydrogen-bond acceptors (Lipinski definition) is 3. The molecule has 1 fully saturated rings. The molecule has 0 unspecified atom stereocenters. The van der Waals surface area contributed by atoms with Gasteiger partial charge in [-0.3, -0.25) is 0 Å². The van der Waals surface area contributed by atoms with Gasteiger partial charge in [0.05, 0.1) is 6.10 Å². The van der Waals surface area contributed by atoms with Crippen LogP contribution in [-0.4, -0.2) is 17.8 Å². The molecular formula is C14H21NO2. The van der Waals surface area contributed by atoms with Gasteiger partial charge in [-0.1, -0.05) is 12.1 Å². The molecule has 0 saturated heterocycles. The van der Waals surface area contributed by atoms with Crippen LogP contribution in [0.3, 0.4) is 0 Å². The molecule has 1 aromatic rings. The van der Waals surface area contributed by atoms with E-state index in [1.807, 2.05) is 12.1 Å². The van der Waals surface area contributed by atoms with Crippen LogP contribution in [0.4, 0.5) is 0 Å². The Morgan fingerprint density at radius 3 is 2.53 bits per heavy atom. The average molecular weight is 235 g/mol. The van der Waals surface area contributed by atoms with Crippen molar-refractivity contribution in [1.82, 2.24) is 0 Å². The Morgan fingerprint density at radius 1 is 1.18 bits per heavy atom. The predicted octanol–water partition coefficient (Wildman–Crippen LogP) is 2.68. The maximum atomic E-state index is 9.64. The lowest BCUT2D eigenvalue weighted by Gasteiger charge is -2.28. The first-order valence-corrected chi connectivity index (χ1v) is 6.44. The van der Waals surface area contributed by atoms with E-state index in [9.17, 15) is 5.11 Å². The van der Waals surface area contributed by atoms with Crippen LogP contribution in [0.2, 0.25) is 0 Å². The molecule has 1 aliphatic carbocycles. The van der Waals surface area contributed by atoms with E-state index in [4.69, 9.17) is 10.5 Å². The van der Waals surface area contributed by atoms with E-state index in [1.165, 1.54) is 12.8 Å². The molecule has 94 valence electrons. The fourth-order valence-electron chi connectivity index (χ4n) is 2.51. The fraction of sp³-hybridized carbons (Fsp3) is 0.571. The Bertz CT molecular complexity index is 346. The monoisotopic (exact) mass is 235 g/mol. The largest absolute Gasteiger partial charge is 0.504 e. The summed E-state index contributed by atoms with van der Waals surface area (Å²) in [6.45, 7) is 0.787. The SMILES string of the molecule is NCCC1CCC(Oc2ccccc2O)CC1. The number of rotatable bonds is 4. The smallest absolute Gasteiger partial charge is 0.161 e. The molecule has 0 heterocycles. The van der Waals surface area contributed by atoms with Crippen molar-refractivity contribution in [2.75, 3.05) is 6.54 Å². The lowest BCUT2D eigenvalue weighted by molar-refractivity contribution is 0.125. The third-order valence-corrected chi connectivity index (χ3v) is 3.53. The van der Waals surface area contributed by atoms with E-state index in [1.54, 1.807) is 12.1 Å². The molecule has 1 saturated carbocycles. The molecule has 1 aromatic carbocycles. The van der Waals surface area contributed by atoms with Crippen molar-refractivity contribution >= 4 is 0 Å². The van der Waals surface area contributed by atoms with Crippen molar-refractivity contribution in [1.29, 1.82) is 0 Å². The van der Waals surface area contributed by atoms with Crippen molar-refractivity contribution in [2.45, 2.75) is 38.2 Å². The second-order valence-corrected chi connectivity index (χ2v) is 4.81. The van der Waals surface area contributed by atoms with Gasteiger partial charge in [-0.25, -0.2) is 0 Å². The molecule has 0 bridgehead atoms. The van der Waals surface area contributed by atoms with Crippen LogP contribution >= 0.6 is 0 Å². The molecule has 17 heavy (non-hydrogen) atoms. The molecule has 0 atom stereocenters. The second kappa shape index (κ2) is 5.92. The number of benzene rings is 1. The number of ether oxygens (including phenoxy) is 1. The van der Waals surface area contributed by atoms with Crippen LogP contribution in [0, 0.1) is 5.92 Å². The standard InChI is InChI=1S/C14H21NO2/c15-10-9-11-5-7-12(8-6-11)17-14-4-2-1-3-13(14)16/h1-4,11-12,16H,5-10,15H2. The lowest BCUT2D eigenvalue weighted by Crippen LogP contribution is -2.25. The number of hydrogen-bond donors (Lipinski definition) is 2. The summed E-state index contributed by atoms with van der Waals surface area (Å²) in [4.78, 5) is 0. The van der Waals surface area contributed by atoms with Crippen LogP contribution in [0.1, 0.15) is 32.1 Å². The van der Waals surface area contributed by atoms with Gasteiger partial charge in [-0.05, 0) is 56.7 Å². The molecule has 3 nitrogen and oxygen atoms in total. The third kappa shape index (κ3) is 3.37. The summed E-state index contributed by atoms with van der Waals surface area (Å²) in [6, 6.07) is 7.17. The summed E-state index contributed by atoms with van der Waals surface area (Å²) >= 11 is 0. The van der Waals surface area contributed by atoms with Gasteiger partial charge in [-0.2, -0.15) is 0 Å². The number of phenols is 1. The van der Waals surface area contributed by atoms with Crippen LogP contribution in [0.15, 0.2) is 24.3 Å². The van der Waals surface area contributed by atoms with Gasteiger partial charge < -0.3 is 15.6 Å². The summed E-state index contributed by atoms with van der Waals surface area (Å²) < 4.78 is 5.83. The first kappa shape index (κ1) is 12.2. The highest BCUT2D eigenvalue weighted by Crippen LogP contribution is 2.32. The molecule has 0 amide bonds. The van der Waals surface area contributed by atoms with Crippen molar-refractivity contribution in [3.05, 3.63) is 24.3 Å². The van der Waals surface area contributed by atoms with E-state index >= 15 is 0 Å². The molecule has 0 spiro atoms. The van der Waals surface area contributed by atoms with E-state index in [-0.39, 0.29) is 11.9 Å². The first-order valence-electron chi connectivity index (χ1n) is 6.44. The zero-order valence-electron chi connectivity index (χ0n) is 10.1. The summed E-state index contributed by atoms with van der Waals surface area (Å²) in [7, 11) is 0. The van der Waals surface area contributed by atoms with Crippen molar-refractivity contribution in [2.24, 2.45) is 11.7 Å². The number of aromatic hydroxyl groups is 1. The summed E-state index contributed by atoms with van der Waals surface area (Å²) in [5.74, 6) is 1.61. The van der Waals surface area contributed by atoms with E-state index in [0.717, 1.165) is 31.7 Å². The van der Waals surface area contributed by atoms with E-state index in [2.05, 4.69) is 0 Å². The number of para-hydroxylation sites is 2. The quantitative estimate of drug-likeness (QED) is 0.843. The maximum Gasteiger partial charge on any atom is 0.161 e. The van der Waals surface area contributed by atoms with Crippen LogP contribution in [-0.2, 0) is 0 Å². The number of nitrogens with two attached hydrogens (primary N) is 1. The minimum Gasteiger partial charge on any atom is -0.504 e. The van der Waals surface area contributed by atoms with Crippen molar-refractivity contribution in [3.63, 3.8) is 0 Å². The molecule has 3 heteroatoms. The normalized spacial score (nSPS) is 24.5. The van der Waals surface area contributed by atoms with Crippen LogP contribution < -0.4 is 10.5 Å². The van der Waals surface area contributed by atoms with Gasteiger partial charge in [0.25, 0.3) is 0 Å². The second-order valence-electron chi connectivity index (χ2n) is 4.81. The van der Waals surface area contributed by atoms with Crippen LogP contribution in [0.5, 0.6) is 11.5 Å². The van der Waals surface area contributed by atoms with E-state index < -0.39 is 0 Å². The number of phenolic OH excluding ortho intramolecular Hbond substituents is 1. The van der Waals surface area contributed by atoms with Gasteiger partial charge in [0.15, 0.2) is 11.5 Å². The zero-order valence-corrected chi connectivity index (χ0v) is 10.1. The molecule has 0 aliphatic heterocycles. The van der Waals surface area contributed by atoms with Crippen molar-refractivity contribution in [3.8, 4) is 11.5 Å². The highest BCUT2D eigenvalue weighted by molar-refractivity contribution is 5.38. The summed E-state index contributed by atoms with van der Waals surface area (Å²) in [5.41, 5.74) is 5.57. The Hall–Kier alpha value is -1.22. The van der Waals surface area contributed by atoms with Gasteiger partial charge >= 0.3 is 0 Å². The van der Waals surface area contributed by atoms with Gasteiger partial charge in [-0.15, -0.1) is 0 Å². The van der Waals surface area contributed by atoms with Gasteiger partial charge in [0, 0.05) is 0 Å². The first-order chi connectivity index (χ1) is 8.29. The molecule has 0 aromatic heterocycles. The Morgan fingerprint density at radius 2 is 1.88 bits per heavy atom. The molecule has 1 aliphatic rings. The fourth-order valence-corrected chi connectivity index (χ4v) is 2.51. The maximum absolute atomic E-state index is 9.64. The molecule has 0 radical (unpaired) electrons. The Kier molecular flexibility index (Phi) is 4.26. The topological polar surface area (TPSA) is 55.5 Å². The molecule has 2 rings (SSSR count). The average Bonchev–Trinajstić information content (AvgIpc) is 2.35. The Balaban J connectivity index is 1.84. The highest BCUT2D eigenvalue weighted by Gasteiger charge is 2.22. The summed E-state index contributed by atoms with van der Waals surface area (Å²) in [6.07, 6.45) is 5.89. The van der Waals surface area contributed by atoms with Crippen molar-refractivity contribution < 1.29 is 9.84 Å². The zero-order chi connectivity index (χ0) is 12.1. The lowest BCUT2D eigenvalue weighted by atomic mass is 9.85. The molecular weight excluding hydrogens is 214 g/mol. The minimum absolute atomic E-state index is 0.233. The predicted molar refractivity (Wildman–Crippen MR) is 68.2 cm³/mol. The van der Waals surface area contributed by atoms with Gasteiger partial charge in [0.2, 0.25) is 0 Å². The minimum atomic E-state index is 0.233. The third-order valence-electron chi connectivity index (χ3n) is 3.53. The summed E-state index contributed by atoms with van der Waals surface area (Å²) in [5, 5.41) is 9.64. The molecule has 3 N–H and O–H groups in total. The van der Waals surface area contributed by atoms with Crippen LogP contribution in [0.25, 0.3) is 0 Å². The highest BCUT2D eigenvalue weighted by atomic mass is 16.5. The van der Waals surface area contributed by atoms with E-state index in [0.29, 0.717) is 5.75 Å².